The predicted octanol–water partition coefficient (Wildman–Crippen LogP) is 2.56. The first kappa shape index (κ1) is 20.1. The fourth-order valence-electron chi connectivity index (χ4n) is 1.84. The molecule has 2 N–H and O–H groups in total. The van der Waals surface area contributed by atoms with Gasteiger partial charge in [0.15, 0.2) is 11.9 Å². The van der Waals surface area contributed by atoms with Crippen LogP contribution < -0.4 is 5.32 Å². The van der Waals surface area contributed by atoms with Gasteiger partial charge < -0.3 is 15.3 Å². The maximum absolute atomic E-state index is 11.3. The molecule has 0 fully saturated rings. The van der Waals surface area contributed by atoms with Crippen molar-refractivity contribution in [1.29, 1.82) is 0 Å². The van der Waals surface area contributed by atoms with Gasteiger partial charge in [0.05, 0.1) is 4.92 Å². The first-order chi connectivity index (χ1) is 10.6. The molecule has 0 aliphatic rings. The lowest BCUT2D eigenvalue weighted by molar-refractivity contribution is -0.438. The van der Waals surface area contributed by atoms with Gasteiger partial charge in [-0.1, -0.05) is 52.5 Å². The molecule has 0 bridgehead atoms. The van der Waals surface area contributed by atoms with E-state index < -0.39 is 20.5 Å². The third kappa shape index (κ3) is 5.54. The lowest BCUT2D eigenvalue weighted by Gasteiger charge is -2.25. The molecule has 1 rings (SSSR count). The third-order valence-corrected chi connectivity index (χ3v) is 3.68. The fraction of sp³-hybridized carbons (Fsp3) is 0.417. The van der Waals surface area contributed by atoms with Crippen LogP contribution in [-0.4, -0.2) is 43.9 Å². The monoisotopic (exact) mass is 402 g/mol. The number of aliphatic hydroxyl groups is 1. The highest BCUT2D eigenvalue weighted by Crippen LogP contribution is 2.35. The van der Waals surface area contributed by atoms with Gasteiger partial charge in [-0.3, -0.25) is 10.1 Å². The lowest BCUT2D eigenvalue weighted by Crippen LogP contribution is -2.38. The number of alkyl halides is 3. The van der Waals surface area contributed by atoms with Crippen molar-refractivity contribution in [2.45, 2.75) is 16.4 Å². The van der Waals surface area contributed by atoms with Crippen molar-refractivity contribution >= 4 is 46.4 Å². The topological polar surface area (TPSA) is 91.5 Å². The average molecular weight is 404 g/mol. The summed E-state index contributed by atoms with van der Waals surface area (Å²) in [6, 6.07) is 3.31. The summed E-state index contributed by atoms with van der Waals surface area (Å²) in [5.74, 6) is 0.00350. The van der Waals surface area contributed by atoms with Gasteiger partial charge in [0, 0.05) is 26.8 Å². The molecule has 11 heteroatoms. The molecule has 1 atom stereocenters. The first-order valence-corrected chi connectivity index (χ1v) is 7.71. The Bertz CT molecular complexity index is 589. The van der Waals surface area contributed by atoms with E-state index in [9.17, 15) is 15.2 Å². The summed E-state index contributed by atoms with van der Waals surface area (Å²) in [5, 5.41) is 24.3. The number of nitrogens with one attached hydrogen (secondary N) is 1. The molecule has 23 heavy (non-hydrogen) atoms. The van der Waals surface area contributed by atoms with Gasteiger partial charge in [-0.15, -0.1) is 0 Å². The van der Waals surface area contributed by atoms with Crippen LogP contribution in [0.15, 0.2) is 29.8 Å². The van der Waals surface area contributed by atoms with Gasteiger partial charge >= 0.3 is 5.70 Å². The molecule has 1 aromatic rings. The summed E-state index contributed by atoms with van der Waals surface area (Å²) in [5.41, 5.74) is 0.0904. The minimum Gasteiger partial charge on any atom is -0.378 e. The van der Waals surface area contributed by atoms with Crippen LogP contribution in [0.3, 0.4) is 0 Å². The van der Waals surface area contributed by atoms with Gasteiger partial charge in [0.1, 0.15) is 5.15 Å². The SMILES string of the molecule is CNC(=C(C(O)C(Cl)(Cl)Cl)[N+](=O)[O-])N(C)Cc1ccc(Cl)nc1. The molecule has 0 aromatic carbocycles. The van der Waals surface area contributed by atoms with Crippen molar-refractivity contribution in [2.75, 3.05) is 14.1 Å². The van der Waals surface area contributed by atoms with E-state index >= 15 is 0 Å². The minimum atomic E-state index is -2.24. The van der Waals surface area contributed by atoms with Crippen LogP contribution in [0.25, 0.3) is 0 Å². The normalized spacial score (nSPS) is 14.0. The molecular formula is C12H14Cl4N4O3. The van der Waals surface area contributed by atoms with Crippen molar-refractivity contribution in [3.05, 3.63) is 50.7 Å². The highest BCUT2D eigenvalue weighted by molar-refractivity contribution is 6.68. The molecule has 0 saturated heterocycles. The number of nitrogens with zero attached hydrogens (tertiary/aromatic N) is 3. The number of nitro groups is 1. The molecule has 0 radical (unpaired) electrons. The van der Waals surface area contributed by atoms with Gasteiger partial charge in [-0.2, -0.15) is 0 Å². The van der Waals surface area contributed by atoms with Gasteiger partial charge in [0.2, 0.25) is 3.79 Å². The average Bonchev–Trinajstić information content (AvgIpc) is 2.44. The number of hydrogen-bond donors (Lipinski definition) is 2. The lowest BCUT2D eigenvalue weighted by atomic mass is 10.2. The molecule has 0 aliphatic carbocycles. The summed E-state index contributed by atoms with van der Waals surface area (Å²) >= 11 is 22.4. The highest BCUT2D eigenvalue weighted by atomic mass is 35.6. The van der Waals surface area contributed by atoms with E-state index in [1.165, 1.54) is 18.1 Å². The van der Waals surface area contributed by atoms with Crippen LogP contribution in [0, 0.1) is 10.1 Å². The van der Waals surface area contributed by atoms with Crippen molar-refractivity contribution in [3.63, 3.8) is 0 Å². The summed E-state index contributed by atoms with van der Waals surface area (Å²) < 4.78 is -2.24. The molecule has 0 aliphatic heterocycles. The molecule has 128 valence electrons. The Morgan fingerprint density at radius 2 is 2.13 bits per heavy atom. The van der Waals surface area contributed by atoms with E-state index in [4.69, 9.17) is 46.4 Å². The quantitative estimate of drug-likeness (QED) is 0.328. The van der Waals surface area contributed by atoms with Crippen molar-refractivity contribution in [1.82, 2.24) is 15.2 Å². The van der Waals surface area contributed by atoms with Crippen LogP contribution in [0.1, 0.15) is 5.56 Å². The summed E-state index contributed by atoms with van der Waals surface area (Å²) in [7, 11) is 3.04. The second-order valence-corrected chi connectivity index (χ2v) is 7.29. The van der Waals surface area contributed by atoms with E-state index in [0.29, 0.717) is 5.15 Å². The van der Waals surface area contributed by atoms with Gasteiger partial charge in [-0.05, 0) is 11.6 Å². The van der Waals surface area contributed by atoms with Crippen LogP contribution in [0.4, 0.5) is 0 Å². The minimum absolute atomic E-state index is 0.00350. The van der Waals surface area contributed by atoms with Crippen LogP contribution >= 0.6 is 46.4 Å². The molecule has 0 saturated carbocycles. The summed E-state index contributed by atoms with van der Waals surface area (Å²) in [6.45, 7) is 0.254. The van der Waals surface area contributed by atoms with E-state index in [2.05, 4.69) is 10.3 Å². The number of rotatable bonds is 6. The predicted molar refractivity (Wildman–Crippen MR) is 90.1 cm³/mol. The smallest absolute Gasteiger partial charge is 0.318 e. The Balaban J connectivity index is 3.18. The Morgan fingerprint density at radius 3 is 2.52 bits per heavy atom. The van der Waals surface area contributed by atoms with E-state index in [-0.39, 0.29) is 12.4 Å². The largest absolute Gasteiger partial charge is 0.378 e. The maximum Gasteiger partial charge on any atom is 0.318 e. The van der Waals surface area contributed by atoms with Crippen LogP contribution in [-0.2, 0) is 6.54 Å². The molecule has 1 aromatic heterocycles. The highest BCUT2D eigenvalue weighted by Gasteiger charge is 2.43. The summed E-state index contributed by atoms with van der Waals surface area (Å²) in [4.78, 5) is 15.9. The van der Waals surface area contributed by atoms with Gasteiger partial charge in [0.25, 0.3) is 0 Å². The number of aromatic nitrogens is 1. The van der Waals surface area contributed by atoms with Crippen molar-refractivity contribution in [3.8, 4) is 0 Å². The zero-order chi connectivity index (χ0) is 17.8. The number of pyridine rings is 1. The standard InChI is InChI=1S/C12H14Cl4N4O3/c1-17-11(9(20(22)23)10(21)12(14,15)16)19(2)6-7-3-4-8(13)18-5-7/h3-5,10,17,21H,6H2,1-2H3. The second-order valence-electron chi connectivity index (χ2n) is 4.53. The first-order valence-electron chi connectivity index (χ1n) is 6.20. The van der Waals surface area contributed by atoms with Crippen molar-refractivity contribution in [2.24, 2.45) is 0 Å². The Kier molecular flexibility index (Phi) is 7.16. The summed E-state index contributed by atoms with van der Waals surface area (Å²) in [6.07, 6.45) is -0.390. The molecule has 0 amide bonds. The van der Waals surface area contributed by atoms with E-state index in [0.717, 1.165) is 5.56 Å². The third-order valence-electron chi connectivity index (χ3n) is 2.84. The molecule has 7 nitrogen and oxygen atoms in total. The second kappa shape index (κ2) is 8.21. The molecule has 1 heterocycles. The van der Waals surface area contributed by atoms with E-state index in [1.807, 2.05) is 0 Å². The fourth-order valence-corrected chi connectivity index (χ4v) is 2.26. The van der Waals surface area contributed by atoms with Crippen molar-refractivity contribution < 1.29 is 10.0 Å². The van der Waals surface area contributed by atoms with E-state index in [1.54, 1.807) is 19.2 Å². The Morgan fingerprint density at radius 1 is 1.52 bits per heavy atom. The Hall–Kier alpha value is -0.990. The number of hydrogen-bond acceptors (Lipinski definition) is 6. The number of halogens is 4. The maximum atomic E-state index is 11.3. The van der Waals surface area contributed by atoms with Crippen LogP contribution in [0.5, 0.6) is 0 Å². The molecule has 1 unspecified atom stereocenters. The molecular weight excluding hydrogens is 390 g/mol. The Labute approximate surface area is 152 Å². The zero-order valence-corrected chi connectivity index (χ0v) is 15.2. The molecule has 0 spiro atoms. The van der Waals surface area contributed by atoms with Crippen LogP contribution in [0.2, 0.25) is 5.15 Å². The van der Waals surface area contributed by atoms with Gasteiger partial charge in [-0.25, -0.2) is 4.98 Å². The zero-order valence-electron chi connectivity index (χ0n) is 12.1. The number of aliphatic hydroxyl groups excluding tert-OH is 1.